The Morgan fingerprint density at radius 1 is 1.17 bits per heavy atom. The fourth-order valence-corrected chi connectivity index (χ4v) is 3.01. The van der Waals surface area contributed by atoms with E-state index in [0.717, 1.165) is 41.6 Å². The lowest BCUT2D eigenvalue weighted by Crippen LogP contribution is -2.37. The smallest absolute Gasteiger partial charge is 0.319 e. The first-order chi connectivity index (χ1) is 14.0. The minimum atomic E-state index is -0.265. The number of nitrogens with one attached hydrogen (secondary N) is 3. The molecule has 1 aromatic heterocycles. The van der Waals surface area contributed by atoms with Crippen LogP contribution in [0.4, 0.5) is 22.2 Å². The van der Waals surface area contributed by atoms with Crippen LogP contribution in [0.25, 0.3) is 0 Å². The molecule has 0 aliphatic carbocycles. The molecule has 29 heavy (non-hydrogen) atoms. The zero-order chi connectivity index (χ0) is 20.6. The highest BCUT2D eigenvalue weighted by molar-refractivity contribution is 5.90. The van der Waals surface area contributed by atoms with Gasteiger partial charge >= 0.3 is 6.03 Å². The van der Waals surface area contributed by atoms with Gasteiger partial charge in [0.2, 0.25) is 5.95 Å². The number of aryl methyl sites for hydroxylation is 2. The maximum Gasteiger partial charge on any atom is 0.319 e. The number of hydrogen-bond acceptors (Lipinski definition) is 7. The van der Waals surface area contributed by atoms with Gasteiger partial charge in [-0.15, -0.1) is 0 Å². The highest BCUT2D eigenvalue weighted by atomic mass is 16.5. The molecule has 0 spiro atoms. The molecular weight excluding hydrogens is 372 g/mol. The second kappa shape index (κ2) is 9.92. The van der Waals surface area contributed by atoms with Gasteiger partial charge < -0.3 is 30.3 Å². The fourth-order valence-electron chi connectivity index (χ4n) is 3.01. The minimum Gasteiger partial charge on any atom is -0.497 e. The van der Waals surface area contributed by atoms with E-state index < -0.39 is 0 Å². The van der Waals surface area contributed by atoms with Crippen LogP contribution >= 0.6 is 0 Å². The predicted molar refractivity (Wildman–Crippen MR) is 113 cm³/mol. The average molecular weight is 400 g/mol. The van der Waals surface area contributed by atoms with E-state index in [9.17, 15) is 4.79 Å². The lowest BCUT2D eigenvalue weighted by atomic mass is 10.2. The van der Waals surface area contributed by atoms with Crippen LogP contribution in [0.2, 0.25) is 0 Å². The van der Waals surface area contributed by atoms with Crippen LogP contribution in [0.1, 0.15) is 11.3 Å². The molecule has 0 atom stereocenters. The van der Waals surface area contributed by atoms with Crippen LogP contribution in [0.15, 0.2) is 24.3 Å². The van der Waals surface area contributed by atoms with Gasteiger partial charge in [0.1, 0.15) is 11.6 Å². The molecule has 2 aromatic rings. The summed E-state index contributed by atoms with van der Waals surface area (Å²) < 4.78 is 10.6. The number of amides is 2. The number of rotatable bonds is 7. The molecule has 9 heteroatoms. The van der Waals surface area contributed by atoms with Gasteiger partial charge in [0.15, 0.2) is 0 Å². The van der Waals surface area contributed by atoms with E-state index in [1.807, 2.05) is 38.1 Å². The van der Waals surface area contributed by atoms with E-state index in [4.69, 9.17) is 9.47 Å². The summed E-state index contributed by atoms with van der Waals surface area (Å²) in [7, 11) is 1.61. The third-order valence-corrected chi connectivity index (χ3v) is 4.55. The molecule has 3 rings (SSSR count). The van der Waals surface area contributed by atoms with Crippen molar-refractivity contribution in [2.24, 2.45) is 0 Å². The topological polar surface area (TPSA) is 101 Å². The molecule has 0 radical (unpaired) electrons. The lowest BCUT2D eigenvalue weighted by molar-refractivity contribution is 0.122. The Bertz CT molecular complexity index is 839. The molecule has 1 fully saturated rings. The number of ether oxygens (including phenoxy) is 2. The van der Waals surface area contributed by atoms with Crippen molar-refractivity contribution >= 4 is 23.5 Å². The quantitative estimate of drug-likeness (QED) is 0.613. The van der Waals surface area contributed by atoms with Crippen LogP contribution in [0.5, 0.6) is 5.75 Å². The first kappa shape index (κ1) is 20.7. The monoisotopic (exact) mass is 400 g/mol. The van der Waals surface area contributed by atoms with Crippen molar-refractivity contribution in [2.75, 3.05) is 62.0 Å². The van der Waals surface area contributed by atoms with Gasteiger partial charge in [0.05, 0.1) is 20.3 Å². The molecule has 3 N–H and O–H groups in total. The summed E-state index contributed by atoms with van der Waals surface area (Å²) >= 11 is 0. The second-order valence-corrected chi connectivity index (χ2v) is 6.78. The van der Waals surface area contributed by atoms with Gasteiger partial charge in [-0.2, -0.15) is 4.98 Å². The number of nitrogens with zero attached hydrogens (tertiary/aromatic N) is 3. The Hall–Kier alpha value is -3.07. The van der Waals surface area contributed by atoms with Crippen molar-refractivity contribution in [2.45, 2.75) is 13.8 Å². The summed E-state index contributed by atoms with van der Waals surface area (Å²) in [6.45, 7) is 7.87. The number of urea groups is 1. The van der Waals surface area contributed by atoms with Crippen molar-refractivity contribution in [3.8, 4) is 5.75 Å². The molecule has 156 valence electrons. The Morgan fingerprint density at radius 3 is 2.69 bits per heavy atom. The van der Waals surface area contributed by atoms with Crippen LogP contribution in [-0.4, -0.2) is 62.5 Å². The van der Waals surface area contributed by atoms with Gasteiger partial charge in [-0.3, -0.25) is 0 Å². The summed E-state index contributed by atoms with van der Waals surface area (Å²) in [5.41, 5.74) is 2.57. The number of aromatic nitrogens is 2. The molecule has 1 saturated heterocycles. The number of benzene rings is 1. The Kier molecular flexibility index (Phi) is 7.07. The van der Waals surface area contributed by atoms with Gasteiger partial charge in [-0.05, 0) is 37.6 Å². The molecular formula is C20H28N6O3. The summed E-state index contributed by atoms with van der Waals surface area (Å²) in [5, 5.41) is 8.83. The molecule has 2 heterocycles. The second-order valence-electron chi connectivity index (χ2n) is 6.78. The van der Waals surface area contributed by atoms with Gasteiger partial charge in [0, 0.05) is 43.6 Å². The largest absolute Gasteiger partial charge is 0.497 e. The zero-order valence-electron chi connectivity index (χ0n) is 17.1. The van der Waals surface area contributed by atoms with E-state index in [1.54, 1.807) is 7.11 Å². The highest BCUT2D eigenvalue weighted by Crippen LogP contribution is 2.20. The normalized spacial score (nSPS) is 13.7. The number of carbonyl (C=O) groups excluding carboxylic acids is 1. The number of carbonyl (C=O) groups is 1. The van der Waals surface area contributed by atoms with Crippen molar-refractivity contribution < 1.29 is 14.3 Å². The first-order valence-corrected chi connectivity index (χ1v) is 9.67. The van der Waals surface area contributed by atoms with Crippen molar-refractivity contribution in [1.29, 1.82) is 0 Å². The number of morpholine rings is 1. The highest BCUT2D eigenvalue weighted by Gasteiger charge is 2.14. The molecule has 0 bridgehead atoms. The molecule has 0 unspecified atom stereocenters. The molecule has 1 aliphatic heterocycles. The van der Waals surface area contributed by atoms with E-state index >= 15 is 0 Å². The summed E-state index contributed by atoms with van der Waals surface area (Å²) in [5.74, 6) is 2.20. The maximum absolute atomic E-state index is 12.1. The number of anilines is 3. The van der Waals surface area contributed by atoms with E-state index in [1.165, 1.54) is 0 Å². The fraction of sp³-hybridized carbons (Fsp3) is 0.450. The van der Waals surface area contributed by atoms with Crippen molar-refractivity contribution in [3.63, 3.8) is 0 Å². The Balaban J connectivity index is 1.46. The van der Waals surface area contributed by atoms with Gasteiger partial charge in [-0.25, -0.2) is 9.78 Å². The summed E-state index contributed by atoms with van der Waals surface area (Å²) in [4.78, 5) is 23.3. The standard InChI is InChI=1S/C20H28N6O3/c1-14-12-16(28-3)4-5-17(14)24-20(27)22-7-6-21-19-23-15(2)13-18(25-19)26-8-10-29-11-9-26/h4-5,12-13H,6-11H2,1-3H3,(H,21,23,25)(H2,22,24,27). The number of methoxy groups -OCH3 is 1. The molecule has 9 nitrogen and oxygen atoms in total. The molecule has 0 saturated carbocycles. The molecule has 2 amide bonds. The summed E-state index contributed by atoms with van der Waals surface area (Å²) in [6.07, 6.45) is 0. The predicted octanol–water partition coefficient (Wildman–Crippen LogP) is 2.17. The Morgan fingerprint density at radius 2 is 1.97 bits per heavy atom. The lowest BCUT2D eigenvalue weighted by Gasteiger charge is -2.28. The maximum atomic E-state index is 12.1. The van der Waals surface area contributed by atoms with Gasteiger partial charge in [0.25, 0.3) is 0 Å². The zero-order valence-corrected chi connectivity index (χ0v) is 17.1. The van der Waals surface area contributed by atoms with Crippen LogP contribution < -0.4 is 25.6 Å². The SMILES string of the molecule is COc1ccc(NC(=O)NCCNc2nc(C)cc(N3CCOCC3)n2)c(C)c1. The third-order valence-electron chi connectivity index (χ3n) is 4.55. The third kappa shape index (κ3) is 5.95. The molecule has 1 aliphatic rings. The van der Waals surface area contributed by atoms with Crippen molar-refractivity contribution in [3.05, 3.63) is 35.5 Å². The first-order valence-electron chi connectivity index (χ1n) is 9.67. The van der Waals surface area contributed by atoms with Crippen molar-refractivity contribution in [1.82, 2.24) is 15.3 Å². The number of hydrogen-bond donors (Lipinski definition) is 3. The van der Waals surface area contributed by atoms with E-state index in [-0.39, 0.29) is 6.03 Å². The van der Waals surface area contributed by atoms with Crippen LogP contribution in [0.3, 0.4) is 0 Å². The van der Waals surface area contributed by atoms with E-state index in [2.05, 4.69) is 30.8 Å². The van der Waals surface area contributed by atoms with Gasteiger partial charge in [-0.1, -0.05) is 0 Å². The molecule has 1 aromatic carbocycles. The van der Waals surface area contributed by atoms with Crippen LogP contribution in [-0.2, 0) is 4.74 Å². The average Bonchev–Trinajstić information content (AvgIpc) is 2.73. The van der Waals surface area contributed by atoms with E-state index in [0.29, 0.717) is 32.3 Å². The van der Waals surface area contributed by atoms with Crippen LogP contribution in [0, 0.1) is 13.8 Å². The minimum absolute atomic E-state index is 0.265. The Labute approximate surface area is 170 Å². The summed E-state index contributed by atoms with van der Waals surface area (Å²) in [6, 6.07) is 7.21.